The summed E-state index contributed by atoms with van der Waals surface area (Å²) in [6, 6.07) is 7.05. The van der Waals surface area contributed by atoms with Crippen LogP contribution in [0.4, 0.5) is 0 Å². The van der Waals surface area contributed by atoms with E-state index < -0.39 is 11.9 Å². The largest absolute Gasteiger partial charge is 0.386 e. The summed E-state index contributed by atoms with van der Waals surface area (Å²) in [7, 11) is 0. The molecule has 5 heteroatoms. The van der Waals surface area contributed by atoms with Gasteiger partial charge in [-0.2, -0.15) is 0 Å². The Kier molecular flexibility index (Phi) is 2.48. The van der Waals surface area contributed by atoms with E-state index in [1.807, 2.05) is 6.07 Å². The average molecular weight is 403 g/mol. The molecule has 0 aliphatic carbocycles. The van der Waals surface area contributed by atoms with E-state index in [2.05, 4.69) is 38.5 Å². The van der Waals surface area contributed by atoms with E-state index in [-0.39, 0.29) is 0 Å². The van der Waals surface area contributed by atoms with Gasteiger partial charge in [0.25, 0.3) is 0 Å². The fourth-order valence-electron chi connectivity index (χ4n) is 1.94. The molecule has 3 rings (SSSR count). The molecule has 0 bridgehead atoms. The van der Waals surface area contributed by atoms with Crippen LogP contribution in [0, 0.1) is 3.57 Å². The first kappa shape index (κ1) is 11.2. The summed E-state index contributed by atoms with van der Waals surface area (Å²) in [6.07, 6.45) is 0. The Morgan fingerprint density at radius 3 is 2.59 bits per heavy atom. The second-order valence-corrected chi connectivity index (χ2v) is 5.58. The SMILES string of the molecule is O=C1OC(=O)c2cc(I)c(Br)c3cccc1c23. The van der Waals surface area contributed by atoms with E-state index in [9.17, 15) is 9.59 Å². The molecule has 1 aliphatic rings. The molecule has 2 aromatic rings. The molecule has 1 aliphatic heterocycles. The van der Waals surface area contributed by atoms with E-state index >= 15 is 0 Å². The predicted octanol–water partition coefficient (Wildman–Crippen LogP) is 3.52. The standard InChI is InChI=1S/C12H4BrIO3/c13-10-5-2-1-3-6-9(5)7(4-8(10)14)12(16)17-11(6)15/h1-4H. The molecule has 0 N–H and O–H groups in total. The summed E-state index contributed by atoms with van der Waals surface area (Å²) in [6.45, 7) is 0. The minimum atomic E-state index is -0.582. The highest BCUT2D eigenvalue weighted by Gasteiger charge is 2.28. The van der Waals surface area contributed by atoms with Gasteiger partial charge in [0.2, 0.25) is 0 Å². The highest BCUT2D eigenvalue weighted by Crippen LogP contribution is 2.36. The molecule has 0 radical (unpaired) electrons. The minimum absolute atomic E-state index is 0.439. The Hall–Kier alpha value is -0.950. The van der Waals surface area contributed by atoms with Crippen molar-refractivity contribution >= 4 is 61.2 Å². The second-order valence-electron chi connectivity index (χ2n) is 3.63. The van der Waals surface area contributed by atoms with Gasteiger partial charge in [0.15, 0.2) is 0 Å². The van der Waals surface area contributed by atoms with Crippen molar-refractivity contribution in [2.75, 3.05) is 0 Å². The van der Waals surface area contributed by atoms with Crippen LogP contribution in [0.15, 0.2) is 28.7 Å². The molecule has 3 nitrogen and oxygen atoms in total. The van der Waals surface area contributed by atoms with Gasteiger partial charge in [-0.15, -0.1) is 0 Å². The molecular weight excluding hydrogens is 399 g/mol. The van der Waals surface area contributed by atoms with Crippen LogP contribution in [0.1, 0.15) is 20.7 Å². The Balaban J connectivity index is 2.59. The van der Waals surface area contributed by atoms with Crippen molar-refractivity contribution in [3.63, 3.8) is 0 Å². The maximum Gasteiger partial charge on any atom is 0.346 e. The number of halogens is 2. The fourth-order valence-corrected chi connectivity index (χ4v) is 2.99. The van der Waals surface area contributed by atoms with Crippen LogP contribution in [-0.4, -0.2) is 11.9 Å². The monoisotopic (exact) mass is 402 g/mol. The molecule has 0 saturated carbocycles. The lowest BCUT2D eigenvalue weighted by Gasteiger charge is -2.16. The maximum absolute atomic E-state index is 11.7. The van der Waals surface area contributed by atoms with Crippen LogP contribution in [0.3, 0.4) is 0 Å². The summed E-state index contributed by atoms with van der Waals surface area (Å²) in [4.78, 5) is 23.3. The maximum atomic E-state index is 11.7. The smallest absolute Gasteiger partial charge is 0.346 e. The number of carbonyl (C=O) groups is 2. The van der Waals surface area contributed by atoms with E-state index in [0.717, 1.165) is 13.4 Å². The van der Waals surface area contributed by atoms with E-state index in [4.69, 9.17) is 4.74 Å². The molecule has 0 amide bonds. The van der Waals surface area contributed by atoms with Crippen LogP contribution in [0.2, 0.25) is 0 Å². The summed E-state index contributed by atoms with van der Waals surface area (Å²) >= 11 is 5.60. The zero-order chi connectivity index (χ0) is 12.2. The Labute approximate surface area is 118 Å². The number of ether oxygens (including phenoxy) is 1. The van der Waals surface area contributed by atoms with Crippen molar-refractivity contribution in [3.8, 4) is 0 Å². The van der Waals surface area contributed by atoms with Gasteiger partial charge in [0.1, 0.15) is 0 Å². The van der Waals surface area contributed by atoms with Gasteiger partial charge < -0.3 is 4.74 Å². The average Bonchev–Trinajstić information content (AvgIpc) is 2.31. The van der Waals surface area contributed by atoms with Crippen molar-refractivity contribution in [2.45, 2.75) is 0 Å². The number of carbonyl (C=O) groups excluding carboxylic acids is 2. The van der Waals surface area contributed by atoms with Crippen LogP contribution < -0.4 is 0 Å². The number of hydrogen-bond donors (Lipinski definition) is 0. The summed E-state index contributed by atoms with van der Waals surface area (Å²) < 4.78 is 6.50. The Morgan fingerprint density at radius 2 is 1.82 bits per heavy atom. The lowest BCUT2D eigenvalue weighted by molar-refractivity contribution is 0.0391. The molecule has 0 atom stereocenters. The van der Waals surface area contributed by atoms with Crippen LogP contribution in [0.25, 0.3) is 10.8 Å². The molecular formula is C12H4BrIO3. The van der Waals surface area contributed by atoms with E-state index in [0.29, 0.717) is 16.5 Å². The highest BCUT2D eigenvalue weighted by atomic mass is 127. The third kappa shape index (κ3) is 1.52. The molecule has 17 heavy (non-hydrogen) atoms. The highest BCUT2D eigenvalue weighted by molar-refractivity contribution is 14.1. The quantitative estimate of drug-likeness (QED) is 0.384. The van der Waals surface area contributed by atoms with Crippen molar-refractivity contribution in [3.05, 3.63) is 43.4 Å². The number of rotatable bonds is 0. The number of cyclic esters (lactones) is 2. The molecule has 84 valence electrons. The summed E-state index contributed by atoms with van der Waals surface area (Å²) in [5.41, 5.74) is 0.886. The van der Waals surface area contributed by atoms with Crippen LogP contribution in [-0.2, 0) is 4.74 Å². The predicted molar refractivity (Wildman–Crippen MR) is 74.1 cm³/mol. The first-order chi connectivity index (χ1) is 8.09. The van der Waals surface area contributed by atoms with E-state index in [1.54, 1.807) is 18.2 Å². The topological polar surface area (TPSA) is 43.4 Å². The zero-order valence-corrected chi connectivity index (χ0v) is 12.0. The Bertz CT molecular complexity index is 694. The minimum Gasteiger partial charge on any atom is -0.386 e. The van der Waals surface area contributed by atoms with Crippen LogP contribution in [0.5, 0.6) is 0 Å². The second kappa shape index (κ2) is 3.78. The van der Waals surface area contributed by atoms with Crippen molar-refractivity contribution in [1.82, 2.24) is 0 Å². The number of esters is 2. The van der Waals surface area contributed by atoms with Crippen molar-refractivity contribution < 1.29 is 14.3 Å². The molecule has 0 saturated heterocycles. The molecule has 0 spiro atoms. The number of benzene rings is 2. The van der Waals surface area contributed by atoms with Gasteiger partial charge in [-0.25, -0.2) is 9.59 Å². The van der Waals surface area contributed by atoms with E-state index in [1.165, 1.54) is 0 Å². The van der Waals surface area contributed by atoms with Crippen molar-refractivity contribution in [2.24, 2.45) is 0 Å². The Morgan fingerprint density at radius 1 is 1.12 bits per heavy atom. The first-order valence-corrected chi connectivity index (χ1v) is 6.64. The molecule has 1 heterocycles. The number of hydrogen-bond acceptors (Lipinski definition) is 3. The third-order valence-electron chi connectivity index (χ3n) is 2.68. The summed E-state index contributed by atoms with van der Waals surface area (Å²) in [5.74, 6) is -1.16. The first-order valence-electron chi connectivity index (χ1n) is 4.77. The zero-order valence-electron chi connectivity index (χ0n) is 8.29. The fraction of sp³-hybridized carbons (Fsp3) is 0. The lowest BCUT2D eigenvalue weighted by atomic mass is 9.97. The van der Waals surface area contributed by atoms with Gasteiger partial charge in [-0.1, -0.05) is 12.1 Å². The van der Waals surface area contributed by atoms with Crippen LogP contribution >= 0.6 is 38.5 Å². The molecule has 2 aromatic carbocycles. The lowest BCUT2D eigenvalue weighted by Crippen LogP contribution is -2.19. The van der Waals surface area contributed by atoms with Gasteiger partial charge in [0.05, 0.1) is 11.1 Å². The molecule has 0 aromatic heterocycles. The molecule has 0 unspecified atom stereocenters. The van der Waals surface area contributed by atoms with Gasteiger partial charge >= 0.3 is 11.9 Å². The van der Waals surface area contributed by atoms with Crippen molar-refractivity contribution in [1.29, 1.82) is 0 Å². The molecule has 0 fully saturated rings. The van der Waals surface area contributed by atoms with Gasteiger partial charge in [-0.05, 0) is 56.0 Å². The third-order valence-corrected chi connectivity index (χ3v) is 5.12. The normalized spacial score (nSPS) is 14.0. The van der Waals surface area contributed by atoms with Gasteiger partial charge in [0, 0.05) is 13.4 Å². The summed E-state index contributed by atoms with van der Waals surface area (Å²) in [5, 5.41) is 1.52. The van der Waals surface area contributed by atoms with Gasteiger partial charge in [-0.3, -0.25) is 0 Å².